The second-order valence-corrected chi connectivity index (χ2v) is 5.43. The Balaban J connectivity index is 2.60. The molecule has 0 unspecified atom stereocenters. The van der Waals surface area contributed by atoms with E-state index in [0.717, 1.165) is 15.7 Å². The first-order valence-corrected chi connectivity index (χ1v) is 7.39. The van der Waals surface area contributed by atoms with E-state index < -0.39 is 0 Å². The SMILES string of the molecule is Cc1cc(Br)ccc1NCC(=O)N(CCC#N)CCC#N. The van der Waals surface area contributed by atoms with E-state index in [0.29, 0.717) is 13.1 Å². The first-order chi connectivity index (χ1) is 10.1. The summed E-state index contributed by atoms with van der Waals surface area (Å²) in [7, 11) is 0. The van der Waals surface area contributed by atoms with Crippen LogP contribution in [0.4, 0.5) is 5.69 Å². The lowest BCUT2D eigenvalue weighted by molar-refractivity contribution is -0.129. The van der Waals surface area contributed by atoms with Crippen molar-refractivity contribution in [1.82, 2.24) is 4.90 Å². The number of nitrogens with one attached hydrogen (secondary N) is 1. The van der Waals surface area contributed by atoms with Crippen LogP contribution in [0.15, 0.2) is 22.7 Å². The molecule has 1 N–H and O–H groups in total. The Labute approximate surface area is 133 Å². The summed E-state index contributed by atoms with van der Waals surface area (Å²) in [6.45, 7) is 2.83. The van der Waals surface area contributed by atoms with E-state index in [1.807, 2.05) is 37.3 Å². The van der Waals surface area contributed by atoms with Crippen LogP contribution in [0.25, 0.3) is 0 Å². The van der Waals surface area contributed by atoms with Crippen LogP contribution < -0.4 is 5.32 Å². The Bertz CT molecular complexity index is 556. The van der Waals surface area contributed by atoms with Crippen LogP contribution in [-0.2, 0) is 4.79 Å². The number of anilines is 1. The molecule has 0 fully saturated rings. The van der Waals surface area contributed by atoms with Crippen LogP contribution in [-0.4, -0.2) is 30.4 Å². The maximum Gasteiger partial charge on any atom is 0.241 e. The number of nitriles is 2. The van der Waals surface area contributed by atoms with Gasteiger partial charge >= 0.3 is 0 Å². The molecule has 0 saturated heterocycles. The molecule has 0 aliphatic heterocycles. The molecule has 0 heterocycles. The van der Waals surface area contributed by atoms with Crippen LogP contribution in [0.2, 0.25) is 0 Å². The Morgan fingerprint density at radius 1 is 1.29 bits per heavy atom. The van der Waals surface area contributed by atoms with Crippen molar-refractivity contribution in [3.8, 4) is 12.1 Å². The highest BCUT2D eigenvalue weighted by Crippen LogP contribution is 2.19. The lowest BCUT2D eigenvalue weighted by atomic mass is 10.2. The molecule has 1 aromatic carbocycles. The zero-order valence-corrected chi connectivity index (χ0v) is 13.5. The molecule has 0 aliphatic rings. The summed E-state index contributed by atoms with van der Waals surface area (Å²) in [5.41, 5.74) is 1.94. The third-order valence-electron chi connectivity index (χ3n) is 2.96. The molecular formula is C15H17BrN4O. The van der Waals surface area contributed by atoms with Crippen molar-refractivity contribution in [3.63, 3.8) is 0 Å². The summed E-state index contributed by atoms with van der Waals surface area (Å²) in [6.07, 6.45) is 0.545. The fraction of sp³-hybridized carbons (Fsp3) is 0.400. The topological polar surface area (TPSA) is 79.9 Å². The summed E-state index contributed by atoms with van der Waals surface area (Å²) >= 11 is 3.39. The largest absolute Gasteiger partial charge is 0.376 e. The number of aryl methyl sites for hydroxylation is 1. The molecule has 0 spiro atoms. The Hall–Kier alpha value is -2.05. The minimum Gasteiger partial charge on any atom is -0.376 e. The number of carbonyl (C=O) groups is 1. The summed E-state index contributed by atoms with van der Waals surface area (Å²) in [5.74, 6) is -0.109. The maximum absolute atomic E-state index is 12.1. The van der Waals surface area contributed by atoms with Gasteiger partial charge in [-0.05, 0) is 30.7 Å². The van der Waals surface area contributed by atoms with Gasteiger partial charge < -0.3 is 10.2 Å². The van der Waals surface area contributed by atoms with Gasteiger partial charge in [-0.3, -0.25) is 4.79 Å². The molecule has 0 saturated carbocycles. The number of hydrogen-bond donors (Lipinski definition) is 1. The third kappa shape index (κ3) is 5.85. The highest BCUT2D eigenvalue weighted by Gasteiger charge is 2.13. The number of benzene rings is 1. The lowest BCUT2D eigenvalue weighted by Crippen LogP contribution is -2.37. The van der Waals surface area contributed by atoms with Crippen molar-refractivity contribution >= 4 is 27.5 Å². The summed E-state index contributed by atoms with van der Waals surface area (Å²) in [6, 6.07) is 9.81. The molecular weight excluding hydrogens is 332 g/mol. The van der Waals surface area contributed by atoms with Gasteiger partial charge in [0.05, 0.1) is 31.5 Å². The average Bonchev–Trinajstić information content (AvgIpc) is 2.46. The Morgan fingerprint density at radius 3 is 2.43 bits per heavy atom. The van der Waals surface area contributed by atoms with Gasteiger partial charge in [0.2, 0.25) is 5.91 Å². The predicted octanol–water partition coefficient (Wildman–Crippen LogP) is 2.83. The summed E-state index contributed by atoms with van der Waals surface area (Å²) < 4.78 is 0.988. The van der Waals surface area contributed by atoms with E-state index >= 15 is 0 Å². The number of halogens is 1. The van der Waals surface area contributed by atoms with E-state index in [1.165, 1.54) is 0 Å². The molecule has 0 bridgehead atoms. The number of rotatable bonds is 7. The van der Waals surface area contributed by atoms with E-state index in [2.05, 4.69) is 21.2 Å². The predicted molar refractivity (Wildman–Crippen MR) is 84.4 cm³/mol. The molecule has 1 amide bonds. The van der Waals surface area contributed by atoms with E-state index in [-0.39, 0.29) is 25.3 Å². The van der Waals surface area contributed by atoms with Gasteiger partial charge in [0, 0.05) is 23.2 Å². The van der Waals surface area contributed by atoms with Gasteiger partial charge in [-0.1, -0.05) is 15.9 Å². The number of hydrogen-bond acceptors (Lipinski definition) is 4. The third-order valence-corrected chi connectivity index (χ3v) is 3.45. The quantitative estimate of drug-likeness (QED) is 0.821. The van der Waals surface area contributed by atoms with Crippen LogP contribution in [0.5, 0.6) is 0 Å². The highest BCUT2D eigenvalue weighted by atomic mass is 79.9. The van der Waals surface area contributed by atoms with Crippen LogP contribution in [0, 0.1) is 29.6 Å². The van der Waals surface area contributed by atoms with Crippen LogP contribution >= 0.6 is 15.9 Å². The second-order valence-electron chi connectivity index (χ2n) is 4.51. The molecule has 110 valence electrons. The molecule has 0 atom stereocenters. The zero-order valence-electron chi connectivity index (χ0n) is 11.9. The Kier molecular flexibility index (Phi) is 7.28. The molecule has 0 aromatic heterocycles. The smallest absolute Gasteiger partial charge is 0.241 e. The van der Waals surface area contributed by atoms with Crippen molar-refractivity contribution in [2.24, 2.45) is 0 Å². The van der Waals surface area contributed by atoms with Gasteiger partial charge in [0.1, 0.15) is 0 Å². The normalized spacial score (nSPS) is 9.52. The standard InChI is InChI=1S/C15H17BrN4O/c1-12-10-13(16)4-5-14(12)19-11-15(21)20(8-2-6-17)9-3-7-18/h4-5,10,19H,2-3,8-9,11H2,1H3. The molecule has 5 nitrogen and oxygen atoms in total. The van der Waals surface area contributed by atoms with E-state index in [1.54, 1.807) is 4.90 Å². The minimum atomic E-state index is -0.109. The first kappa shape index (κ1) is 17.0. The molecule has 0 radical (unpaired) electrons. The van der Waals surface area contributed by atoms with Crippen molar-refractivity contribution in [3.05, 3.63) is 28.2 Å². The number of amides is 1. The van der Waals surface area contributed by atoms with Crippen LogP contribution in [0.3, 0.4) is 0 Å². The molecule has 0 aliphatic carbocycles. The van der Waals surface area contributed by atoms with Gasteiger partial charge in [-0.15, -0.1) is 0 Å². The number of carbonyl (C=O) groups excluding carboxylic acids is 1. The zero-order chi connectivity index (χ0) is 15.7. The molecule has 21 heavy (non-hydrogen) atoms. The average molecular weight is 349 g/mol. The van der Waals surface area contributed by atoms with Crippen molar-refractivity contribution < 1.29 is 4.79 Å². The summed E-state index contributed by atoms with van der Waals surface area (Å²) in [5, 5.41) is 20.3. The number of nitrogens with zero attached hydrogens (tertiary/aromatic N) is 3. The van der Waals surface area contributed by atoms with Crippen LogP contribution in [0.1, 0.15) is 18.4 Å². The Morgan fingerprint density at radius 2 is 1.90 bits per heavy atom. The monoisotopic (exact) mass is 348 g/mol. The van der Waals surface area contributed by atoms with Gasteiger partial charge in [0.15, 0.2) is 0 Å². The van der Waals surface area contributed by atoms with Crippen molar-refractivity contribution in [2.75, 3.05) is 25.0 Å². The second kappa shape index (κ2) is 8.99. The molecule has 1 aromatic rings. The fourth-order valence-electron chi connectivity index (χ4n) is 1.84. The van der Waals surface area contributed by atoms with Gasteiger partial charge in [0.25, 0.3) is 0 Å². The van der Waals surface area contributed by atoms with E-state index in [4.69, 9.17) is 10.5 Å². The molecule has 6 heteroatoms. The summed E-state index contributed by atoms with van der Waals surface area (Å²) in [4.78, 5) is 13.7. The van der Waals surface area contributed by atoms with Gasteiger partial charge in [-0.25, -0.2) is 0 Å². The van der Waals surface area contributed by atoms with Crippen molar-refractivity contribution in [2.45, 2.75) is 19.8 Å². The highest BCUT2D eigenvalue weighted by molar-refractivity contribution is 9.10. The minimum absolute atomic E-state index is 0.109. The lowest BCUT2D eigenvalue weighted by Gasteiger charge is -2.21. The first-order valence-electron chi connectivity index (χ1n) is 6.60. The van der Waals surface area contributed by atoms with Gasteiger partial charge in [-0.2, -0.15) is 10.5 Å². The van der Waals surface area contributed by atoms with Crippen molar-refractivity contribution in [1.29, 1.82) is 10.5 Å². The van der Waals surface area contributed by atoms with E-state index in [9.17, 15) is 4.79 Å². The maximum atomic E-state index is 12.1. The molecule has 1 rings (SSSR count). The fourth-order valence-corrected chi connectivity index (χ4v) is 2.31.